The average Bonchev–Trinajstić information content (AvgIpc) is 2.69. The second-order valence-corrected chi connectivity index (χ2v) is 5.73. The van der Waals surface area contributed by atoms with Gasteiger partial charge < -0.3 is 15.4 Å². The molecule has 26 heavy (non-hydrogen) atoms. The Labute approximate surface area is 152 Å². The number of ether oxygens (including phenoxy) is 1. The number of pyridine rings is 2. The summed E-state index contributed by atoms with van der Waals surface area (Å²) in [5.41, 5.74) is 1.63. The van der Waals surface area contributed by atoms with Crippen molar-refractivity contribution in [3.8, 4) is 17.3 Å². The first-order chi connectivity index (χ1) is 12.7. The molecule has 0 aliphatic heterocycles. The Kier molecular flexibility index (Phi) is 5.52. The van der Waals surface area contributed by atoms with Gasteiger partial charge in [0.05, 0.1) is 19.0 Å². The van der Waals surface area contributed by atoms with Crippen LogP contribution >= 0.6 is 0 Å². The van der Waals surface area contributed by atoms with E-state index in [1.165, 1.54) is 6.33 Å². The molecule has 0 bridgehead atoms. The van der Waals surface area contributed by atoms with E-state index in [2.05, 4.69) is 49.4 Å². The van der Waals surface area contributed by atoms with Gasteiger partial charge in [-0.3, -0.25) is 0 Å². The highest BCUT2D eigenvalue weighted by atomic mass is 16.5. The molecule has 0 spiro atoms. The van der Waals surface area contributed by atoms with Gasteiger partial charge in [0, 0.05) is 23.9 Å². The van der Waals surface area contributed by atoms with Crippen LogP contribution < -0.4 is 15.4 Å². The van der Waals surface area contributed by atoms with Gasteiger partial charge in [0.25, 0.3) is 0 Å². The molecule has 0 saturated heterocycles. The minimum Gasteiger partial charge on any atom is -0.481 e. The third-order valence-electron chi connectivity index (χ3n) is 3.80. The number of hydrogen-bond donors (Lipinski definition) is 2. The lowest BCUT2D eigenvalue weighted by Crippen LogP contribution is -2.14. The number of nitrogens with one attached hydrogen (secondary N) is 2. The fraction of sp³-hybridized carbons (Fsp3) is 0.278. The van der Waals surface area contributed by atoms with Crippen LogP contribution in [0.5, 0.6) is 5.88 Å². The summed E-state index contributed by atoms with van der Waals surface area (Å²) in [6.45, 7) is 4.24. The van der Waals surface area contributed by atoms with Gasteiger partial charge in [0.15, 0.2) is 5.82 Å². The molecular weight excluding hydrogens is 330 g/mol. The predicted octanol–water partition coefficient (Wildman–Crippen LogP) is 3.29. The largest absolute Gasteiger partial charge is 0.481 e. The molecule has 3 aromatic heterocycles. The molecule has 0 amide bonds. The van der Waals surface area contributed by atoms with Crippen molar-refractivity contribution in [1.82, 2.24) is 24.9 Å². The first-order valence-electron chi connectivity index (χ1n) is 8.37. The van der Waals surface area contributed by atoms with Gasteiger partial charge in [-0.2, -0.15) is 4.98 Å². The van der Waals surface area contributed by atoms with Gasteiger partial charge in [-0.05, 0) is 31.5 Å². The minimum atomic E-state index is 0.343. The summed E-state index contributed by atoms with van der Waals surface area (Å²) < 4.78 is 5.05. The van der Waals surface area contributed by atoms with Gasteiger partial charge in [-0.1, -0.05) is 6.92 Å². The van der Waals surface area contributed by atoms with E-state index in [0.29, 0.717) is 23.7 Å². The molecule has 1 atom stereocenters. The molecule has 3 aromatic rings. The highest BCUT2D eigenvalue weighted by molar-refractivity contribution is 5.61. The molecule has 0 fully saturated rings. The topological polar surface area (TPSA) is 97.7 Å². The molecule has 3 heterocycles. The van der Waals surface area contributed by atoms with Crippen LogP contribution in [0.3, 0.4) is 0 Å². The summed E-state index contributed by atoms with van der Waals surface area (Å²) in [6.07, 6.45) is 5.89. The lowest BCUT2D eigenvalue weighted by atomic mass is 10.2. The van der Waals surface area contributed by atoms with Crippen LogP contribution in [-0.2, 0) is 0 Å². The Hall–Kier alpha value is -3.29. The van der Waals surface area contributed by atoms with Crippen molar-refractivity contribution < 1.29 is 4.74 Å². The molecule has 0 aliphatic carbocycles. The van der Waals surface area contributed by atoms with E-state index in [4.69, 9.17) is 4.74 Å². The quantitative estimate of drug-likeness (QED) is 0.669. The van der Waals surface area contributed by atoms with E-state index in [1.54, 1.807) is 25.6 Å². The number of anilines is 3. The van der Waals surface area contributed by atoms with E-state index in [-0.39, 0.29) is 0 Å². The van der Waals surface area contributed by atoms with Crippen molar-refractivity contribution in [2.24, 2.45) is 0 Å². The molecule has 0 aromatic carbocycles. The molecule has 1 unspecified atom stereocenters. The number of aromatic nitrogens is 5. The van der Waals surface area contributed by atoms with Crippen LogP contribution in [0.25, 0.3) is 11.4 Å². The van der Waals surface area contributed by atoms with Crippen molar-refractivity contribution >= 4 is 17.5 Å². The summed E-state index contributed by atoms with van der Waals surface area (Å²) in [6, 6.07) is 7.75. The fourth-order valence-electron chi connectivity index (χ4n) is 2.20. The molecule has 0 saturated carbocycles. The van der Waals surface area contributed by atoms with E-state index in [1.807, 2.05) is 18.2 Å². The summed E-state index contributed by atoms with van der Waals surface area (Å²) in [5.74, 6) is 2.35. The molecular formula is C18H21N7O. The van der Waals surface area contributed by atoms with Crippen molar-refractivity contribution in [1.29, 1.82) is 0 Å². The predicted molar refractivity (Wildman–Crippen MR) is 101 cm³/mol. The third-order valence-corrected chi connectivity index (χ3v) is 3.80. The Morgan fingerprint density at radius 2 is 2.00 bits per heavy atom. The molecule has 8 nitrogen and oxygen atoms in total. The van der Waals surface area contributed by atoms with Gasteiger partial charge in [0.2, 0.25) is 11.8 Å². The summed E-state index contributed by atoms with van der Waals surface area (Å²) in [7, 11) is 1.58. The highest BCUT2D eigenvalue weighted by Gasteiger charge is 2.07. The van der Waals surface area contributed by atoms with Crippen molar-refractivity contribution in [2.75, 3.05) is 17.7 Å². The third kappa shape index (κ3) is 4.41. The maximum atomic E-state index is 5.05. The van der Waals surface area contributed by atoms with Crippen LogP contribution in [0.1, 0.15) is 20.3 Å². The fourth-order valence-corrected chi connectivity index (χ4v) is 2.20. The van der Waals surface area contributed by atoms with Crippen molar-refractivity contribution in [2.45, 2.75) is 26.3 Å². The second-order valence-electron chi connectivity index (χ2n) is 5.73. The van der Waals surface area contributed by atoms with Crippen LogP contribution in [-0.4, -0.2) is 38.1 Å². The van der Waals surface area contributed by atoms with Gasteiger partial charge >= 0.3 is 0 Å². The first-order valence-corrected chi connectivity index (χ1v) is 8.37. The minimum absolute atomic E-state index is 0.343. The molecule has 0 aliphatic rings. The van der Waals surface area contributed by atoms with Gasteiger partial charge in [-0.15, -0.1) is 0 Å². The maximum Gasteiger partial charge on any atom is 0.230 e. The molecule has 0 radical (unpaired) electrons. The van der Waals surface area contributed by atoms with Crippen LogP contribution in [0.2, 0.25) is 0 Å². The van der Waals surface area contributed by atoms with E-state index < -0.39 is 0 Å². The SMILES string of the molecule is CCC(C)Nc1cc(-c2ncnc(Nc3ccc(OC)nc3)n2)ccn1. The van der Waals surface area contributed by atoms with E-state index in [0.717, 1.165) is 23.5 Å². The average molecular weight is 351 g/mol. The standard InChI is InChI=1S/C18H21N7O/c1-4-12(2)23-15-9-13(7-8-19-15)17-21-11-22-18(25-17)24-14-5-6-16(26-3)20-10-14/h5-12H,4H2,1-3H3,(H,19,23)(H,21,22,24,25). The number of rotatable bonds is 7. The monoisotopic (exact) mass is 351 g/mol. The summed E-state index contributed by atoms with van der Waals surface area (Å²) >= 11 is 0. The Bertz CT molecular complexity index is 854. The number of methoxy groups -OCH3 is 1. The highest BCUT2D eigenvalue weighted by Crippen LogP contribution is 2.20. The van der Waals surface area contributed by atoms with Crippen LogP contribution in [0.15, 0.2) is 43.0 Å². The zero-order chi connectivity index (χ0) is 18.4. The summed E-state index contributed by atoms with van der Waals surface area (Å²) in [4.78, 5) is 21.4. The number of nitrogens with zero attached hydrogens (tertiary/aromatic N) is 5. The Balaban J connectivity index is 1.79. The lowest BCUT2D eigenvalue weighted by Gasteiger charge is -2.12. The molecule has 2 N–H and O–H groups in total. The maximum absolute atomic E-state index is 5.05. The molecule has 134 valence electrons. The van der Waals surface area contributed by atoms with Gasteiger partial charge in [0.1, 0.15) is 12.1 Å². The molecule has 3 rings (SSSR count). The van der Waals surface area contributed by atoms with Crippen molar-refractivity contribution in [3.05, 3.63) is 43.0 Å². The Morgan fingerprint density at radius 3 is 2.73 bits per heavy atom. The molecule has 8 heteroatoms. The second kappa shape index (κ2) is 8.19. The van der Waals surface area contributed by atoms with E-state index in [9.17, 15) is 0 Å². The van der Waals surface area contributed by atoms with Gasteiger partial charge in [-0.25, -0.2) is 19.9 Å². The lowest BCUT2D eigenvalue weighted by molar-refractivity contribution is 0.398. The van der Waals surface area contributed by atoms with Crippen LogP contribution in [0.4, 0.5) is 17.5 Å². The zero-order valence-corrected chi connectivity index (χ0v) is 15.0. The van der Waals surface area contributed by atoms with Crippen LogP contribution in [0, 0.1) is 0 Å². The first kappa shape index (κ1) is 17.5. The normalized spacial score (nSPS) is 11.7. The number of hydrogen-bond acceptors (Lipinski definition) is 8. The Morgan fingerprint density at radius 1 is 1.12 bits per heavy atom. The van der Waals surface area contributed by atoms with E-state index >= 15 is 0 Å². The smallest absolute Gasteiger partial charge is 0.230 e. The summed E-state index contributed by atoms with van der Waals surface area (Å²) in [5, 5.41) is 6.46. The van der Waals surface area contributed by atoms with Crippen molar-refractivity contribution in [3.63, 3.8) is 0 Å². The zero-order valence-electron chi connectivity index (χ0n) is 15.0.